The summed E-state index contributed by atoms with van der Waals surface area (Å²) in [5.41, 5.74) is 3.75. The second-order valence-corrected chi connectivity index (χ2v) is 7.27. The van der Waals surface area contributed by atoms with E-state index in [1.165, 1.54) is 4.90 Å². The van der Waals surface area contributed by atoms with Crippen LogP contribution in [-0.2, 0) is 6.42 Å². The van der Waals surface area contributed by atoms with Gasteiger partial charge in [0, 0.05) is 22.7 Å². The lowest BCUT2D eigenvalue weighted by atomic mass is 9.97. The molecule has 0 saturated heterocycles. The number of hydrogen-bond donors (Lipinski definition) is 1. The third-order valence-electron chi connectivity index (χ3n) is 4.66. The van der Waals surface area contributed by atoms with Crippen molar-refractivity contribution in [2.75, 3.05) is 4.90 Å². The maximum absolute atomic E-state index is 11.6. The van der Waals surface area contributed by atoms with Crippen molar-refractivity contribution in [3.63, 3.8) is 0 Å². The van der Waals surface area contributed by atoms with Crippen LogP contribution >= 0.6 is 0 Å². The molecule has 0 aliphatic heterocycles. The number of nitrogens with zero attached hydrogens (tertiary/aromatic N) is 2. The Hall–Kier alpha value is -2.28. The molecule has 0 radical (unpaired) electrons. The molecule has 0 aromatic heterocycles. The van der Waals surface area contributed by atoms with E-state index in [1.54, 1.807) is 6.08 Å². The summed E-state index contributed by atoms with van der Waals surface area (Å²) in [6, 6.07) is 7.97. The largest absolute Gasteiger partial charge is 0.465 e. The molecule has 1 aromatic rings. The van der Waals surface area contributed by atoms with Crippen molar-refractivity contribution in [3.8, 4) is 6.07 Å². The molecule has 1 saturated carbocycles. The minimum Gasteiger partial charge on any atom is -0.465 e. The number of nitriles is 1. The predicted octanol–water partition coefficient (Wildman–Crippen LogP) is 4.21. The molecular weight excluding hydrogens is 276 g/mol. The number of carboxylic acid groups (broad SMARTS) is 1. The lowest BCUT2D eigenvalue weighted by molar-refractivity contribution is 0.195. The van der Waals surface area contributed by atoms with Crippen molar-refractivity contribution in [1.29, 1.82) is 5.26 Å². The Bertz CT molecular complexity index is 716. The van der Waals surface area contributed by atoms with Crippen LogP contribution in [0.1, 0.15) is 44.7 Å². The molecule has 1 fully saturated rings. The summed E-state index contributed by atoms with van der Waals surface area (Å²) in [7, 11) is 0. The number of hydrogen-bond acceptors (Lipinski definition) is 2. The molecule has 0 bridgehead atoms. The summed E-state index contributed by atoms with van der Waals surface area (Å²) in [6.45, 7) is 5.66. The average molecular weight is 296 g/mol. The first-order valence-corrected chi connectivity index (χ1v) is 7.55. The highest BCUT2D eigenvalue weighted by atomic mass is 16.4. The van der Waals surface area contributed by atoms with Gasteiger partial charge in [-0.05, 0) is 68.9 Å². The molecule has 0 heterocycles. The van der Waals surface area contributed by atoms with Crippen molar-refractivity contribution < 1.29 is 9.90 Å². The Morgan fingerprint density at radius 1 is 1.41 bits per heavy atom. The highest BCUT2D eigenvalue weighted by Crippen LogP contribution is 2.62. The molecule has 1 N–H and O–H groups in total. The highest BCUT2D eigenvalue weighted by Gasteiger charge is 2.51. The molecule has 4 heteroatoms. The number of carbonyl (C=O) groups is 1. The van der Waals surface area contributed by atoms with Crippen LogP contribution in [0.15, 0.2) is 24.3 Å². The Kier molecular flexibility index (Phi) is 3.07. The highest BCUT2D eigenvalue weighted by molar-refractivity contribution is 5.89. The van der Waals surface area contributed by atoms with Crippen molar-refractivity contribution in [2.24, 2.45) is 5.41 Å². The smallest absolute Gasteiger partial charge is 0.412 e. The number of allylic oxidation sites excluding steroid dienone is 2. The van der Waals surface area contributed by atoms with Crippen molar-refractivity contribution >= 4 is 17.4 Å². The zero-order valence-corrected chi connectivity index (χ0v) is 13.2. The first-order valence-electron chi connectivity index (χ1n) is 7.55. The monoisotopic (exact) mass is 296 g/mol. The van der Waals surface area contributed by atoms with E-state index >= 15 is 0 Å². The van der Waals surface area contributed by atoms with Gasteiger partial charge >= 0.3 is 6.09 Å². The standard InChI is InChI=1S/C18H20N2O2/c1-17(2,3)20(16(21)22)13-4-5-14-12(10-13)11-18(7-8-18)15(14)6-9-19/h4-6,10H,7-8,11H2,1-3H3,(H,21,22). The normalized spacial score (nSPS) is 19.8. The van der Waals surface area contributed by atoms with Gasteiger partial charge in [0.25, 0.3) is 0 Å². The third-order valence-corrected chi connectivity index (χ3v) is 4.66. The molecule has 0 unspecified atom stereocenters. The van der Waals surface area contributed by atoms with E-state index in [2.05, 4.69) is 6.07 Å². The van der Waals surface area contributed by atoms with Gasteiger partial charge in [0.15, 0.2) is 0 Å². The van der Waals surface area contributed by atoms with Crippen LogP contribution in [0.5, 0.6) is 0 Å². The van der Waals surface area contributed by atoms with E-state index in [-0.39, 0.29) is 5.41 Å². The summed E-state index contributed by atoms with van der Waals surface area (Å²) in [4.78, 5) is 13.0. The van der Waals surface area contributed by atoms with Gasteiger partial charge in [-0.25, -0.2) is 4.79 Å². The molecule has 2 aliphatic rings. The zero-order valence-electron chi connectivity index (χ0n) is 13.2. The first-order chi connectivity index (χ1) is 10.3. The molecule has 1 amide bonds. The molecule has 3 rings (SSSR count). The second-order valence-electron chi connectivity index (χ2n) is 7.27. The van der Waals surface area contributed by atoms with Gasteiger partial charge < -0.3 is 5.11 Å². The lowest BCUT2D eigenvalue weighted by Crippen LogP contribution is -2.45. The molecule has 0 atom stereocenters. The van der Waals surface area contributed by atoms with E-state index in [0.717, 1.165) is 36.0 Å². The summed E-state index contributed by atoms with van der Waals surface area (Å²) in [6.07, 6.45) is 3.87. The van der Waals surface area contributed by atoms with Gasteiger partial charge in [0.1, 0.15) is 0 Å². The molecule has 114 valence electrons. The van der Waals surface area contributed by atoms with Gasteiger partial charge in [-0.3, -0.25) is 4.90 Å². The van der Waals surface area contributed by atoms with Crippen LogP contribution in [0.4, 0.5) is 10.5 Å². The van der Waals surface area contributed by atoms with E-state index in [9.17, 15) is 9.90 Å². The minimum atomic E-state index is -0.945. The molecule has 22 heavy (non-hydrogen) atoms. The molecular formula is C18H20N2O2. The summed E-state index contributed by atoms with van der Waals surface area (Å²) in [5, 5.41) is 18.6. The third kappa shape index (κ3) is 2.18. The Morgan fingerprint density at radius 2 is 2.09 bits per heavy atom. The quantitative estimate of drug-likeness (QED) is 0.789. The van der Waals surface area contributed by atoms with E-state index < -0.39 is 11.6 Å². The fourth-order valence-corrected chi connectivity index (χ4v) is 3.55. The van der Waals surface area contributed by atoms with Crippen molar-refractivity contribution in [3.05, 3.63) is 35.4 Å². The molecule has 1 spiro atoms. The number of benzene rings is 1. The fraction of sp³-hybridized carbons (Fsp3) is 0.444. The van der Waals surface area contributed by atoms with Crippen LogP contribution in [0, 0.1) is 16.7 Å². The van der Waals surface area contributed by atoms with Gasteiger partial charge in [-0.2, -0.15) is 5.26 Å². The van der Waals surface area contributed by atoms with Crippen LogP contribution in [0.2, 0.25) is 0 Å². The lowest BCUT2D eigenvalue weighted by Gasteiger charge is -2.33. The summed E-state index contributed by atoms with van der Waals surface area (Å²) >= 11 is 0. The van der Waals surface area contributed by atoms with E-state index in [4.69, 9.17) is 5.26 Å². The topological polar surface area (TPSA) is 64.3 Å². The van der Waals surface area contributed by atoms with E-state index in [1.807, 2.05) is 39.0 Å². The number of fused-ring (bicyclic) bond motifs is 1. The number of anilines is 1. The number of rotatable bonds is 1. The molecule has 4 nitrogen and oxygen atoms in total. The Morgan fingerprint density at radius 3 is 2.59 bits per heavy atom. The maximum atomic E-state index is 11.6. The zero-order chi connectivity index (χ0) is 16.1. The van der Waals surface area contributed by atoms with Crippen LogP contribution in [-0.4, -0.2) is 16.7 Å². The minimum absolute atomic E-state index is 0.145. The first kappa shape index (κ1) is 14.6. The fourth-order valence-electron chi connectivity index (χ4n) is 3.55. The SMILES string of the molecule is CC(C)(C)N(C(=O)O)c1ccc2c(c1)CC1(CC1)C2=CC#N. The Balaban J connectivity index is 2.06. The van der Waals surface area contributed by atoms with Gasteiger partial charge in [-0.1, -0.05) is 6.07 Å². The predicted molar refractivity (Wildman–Crippen MR) is 85.7 cm³/mol. The van der Waals surface area contributed by atoms with Crippen LogP contribution < -0.4 is 4.90 Å². The number of amides is 1. The van der Waals surface area contributed by atoms with Gasteiger partial charge in [0.05, 0.1) is 6.07 Å². The maximum Gasteiger partial charge on any atom is 0.412 e. The Labute approximate surface area is 130 Å². The molecule has 1 aromatic carbocycles. The van der Waals surface area contributed by atoms with Gasteiger partial charge in [-0.15, -0.1) is 0 Å². The second kappa shape index (κ2) is 4.61. The average Bonchev–Trinajstić information content (AvgIpc) is 3.08. The van der Waals surface area contributed by atoms with Gasteiger partial charge in [0.2, 0.25) is 0 Å². The van der Waals surface area contributed by atoms with Crippen molar-refractivity contribution in [2.45, 2.75) is 45.6 Å². The summed E-state index contributed by atoms with van der Waals surface area (Å²) in [5.74, 6) is 0. The van der Waals surface area contributed by atoms with E-state index in [0.29, 0.717) is 5.69 Å². The van der Waals surface area contributed by atoms with Crippen molar-refractivity contribution in [1.82, 2.24) is 0 Å². The van der Waals surface area contributed by atoms with Crippen LogP contribution in [0.3, 0.4) is 0 Å². The van der Waals surface area contributed by atoms with Crippen LogP contribution in [0.25, 0.3) is 5.57 Å². The molecule has 2 aliphatic carbocycles. The summed E-state index contributed by atoms with van der Waals surface area (Å²) < 4.78 is 0.